The summed E-state index contributed by atoms with van der Waals surface area (Å²) in [6.45, 7) is 14.4. The predicted octanol–water partition coefficient (Wildman–Crippen LogP) is 1.32. The van der Waals surface area contributed by atoms with E-state index in [0.717, 1.165) is 32.2 Å². The van der Waals surface area contributed by atoms with Crippen molar-refractivity contribution in [1.29, 1.82) is 0 Å². The second-order valence-electron chi connectivity index (χ2n) is 6.35. The minimum Gasteiger partial charge on any atom is -0.310 e. The highest BCUT2D eigenvalue weighted by atomic mass is 15.3. The molecule has 0 aromatic carbocycles. The predicted molar refractivity (Wildman–Crippen MR) is 73.3 cm³/mol. The number of hydrogen-bond acceptors (Lipinski definition) is 3. The highest BCUT2D eigenvalue weighted by Gasteiger charge is 2.31. The van der Waals surface area contributed by atoms with Gasteiger partial charge in [0.25, 0.3) is 0 Å². The Bertz CT molecular complexity index is 281. The number of rotatable bonds is 5. The van der Waals surface area contributed by atoms with Gasteiger partial charge in [-0.15, -0.1) is 0 Å². The van der Waals surface area contributed by atoms with Crippen LogP contribution in [0.25, 0.3) is 0 Å². The Morgan fingerprint density at radius 2 is 2.06 bits per heavy atom. The molecule has 0 bridgehead atoms. The monoisotopic (exact) mass is 237 g/mol. The maximum absolute atomic E-state index is 4.20. The normalized spacial score (nSPS) is 26.1. The van der Waals surface area contributed by atoms with Crippen LogP contribution in [0.15, 0.2) is 12.2 Å². The van der Waals surface area contributed by atoms with Crippen LogP contribution >= 0.6 is 0 Å². The number of piperazine rings is 1. The van der Waals surface area contributed by atoms with Crippen LogP contribution in [0.2, 0.25) is 0 Å². The van der Waals surface area contributed by atoms with Gasteiger partial charge >= 0.3 is 0 Å². The molecule has 2 rings (SSSR count). The van der Waals surface area contributed by atoms with Crippen molar-refractivity contribution in [3.05, 3.63) is 12.2 Å². The molecule has 0 aromatic rings. The molecule has 1 heterocycles. The molecule has 0 atom stereocenters. The van der Waals surface area contributed by atoms with E-state index in [1.54, 1.807) is 0 Å². The smallest absolute Gasteiger partial charge is 0.0277 e. The molecule has 3 heteroatoms. The number of nitrogens with one attached hydrogen (secondary N) is 1. The quantitative estimate of drug-likeness (QED) is 0.728. The number of hydrogen-bond donors (Lipinski definition) is 1. The Balaban J connectivity index is 1.72. The van der Waals surface area contributed by atoms with Crippen LogP contribution in [0.3, 0.4) is 0 Å². The zero-order valence-corrected chi connectivity index (χ0v) is 11.6. The molecule has 0 spiro atoms. The standard InChI is InChI=1S/C14H27N3/c1-12(9-15-13-5-6-13)10-17-8-7-16(4)14(2,3)11-17/h13,15H,1,5-11H2,2-4H3. The van der Waals surface area contributed by atoms with E-state index in [1.165, 1.54) is 25.0 Å². The average molecular weight is 237 g/mol. The fraction of sp³-hybridized carbons (Fsp3) is 0.857. The fourth-order valence-corrected chi connectivity index (χ4v) is 2.42. The summed E-state index contributed by atoms with van der Waals surface area (Å²) >= 11 is 0. The molecule has 0 aromatic heterocycles. The van der Waals surface area contributed by atoms with Crippen molar-refractivity contribution in [2.75, 3.05) is 39.8 Å². The van der Waals surface area contributed by atoms with E-state index < -0.39 is 0 Å². The van der Waals surface area contributed by atoms with Gasteiger partial charge in [-0.1, -0.05) is 6.58 Å². The van der Waals surface area contributed by atoms with E-state index >= 15 is 0 Å². The summed E-state index contributed by atoms with van der Waals surface area (Å²) in [7, 11) is 2.22. The lowest BCUT2D eigenvalue weighted by molar-refractivity contribution is 0.0448. The van der Waals surface area contributed by atoms with Gasteiger partial charge in [0.15, 0.2) is 0 Å². The molecular formula is C14H27N3. The van der Waals surface area contributed by atoms with Crippen molar-refractivity contribution in [2.24, 2.45) is 0 Å². The lowest BCUT2D eigenvalue weighted by Gasteiger charge is -2.45. The van der Waals surface area contributed by atoms with Crippen molar-refractivity contribution in [2.45, 2.75) is 38.3 Å². The molecule has 0 unspecified atom stereocenters. The highest BCUT2D eigenvalue weighted by Crippen LogP contribution is 2.20. The van der Waals surface area contributed by atoms with E-state index in [4.69, 9.17) is 0 Å². The lowest BCUT2D eigenvalue weighted by atomic mass is 9.99. The second kappa shape index (κ2) is 5.09. The van der Waals surface area contributed by atoms with Crippen LogP contribution in [-0.2, 0) is 0 Å². The molecule has 1 N–H and O–H groups in total. The van der Waals surface area contributed by atoms with Gasteiger partial charge in [0.2, 0.25) is 0 Å². The van der Waals surface area contributed by atoms with Crippen molar-refractivity contribution in [3.63, 3.8) is 0 Å². The Hall–Kier alpha value is -0.380. The third-order valence-corrected chi connectivity index (χ3v) is 4.06. The number of likely N-dealkylation sites (N-methyl/N-ethyl adjacent to an activating group) is 1. The molecule has 98 valence electrons. The molecule has 1 aliphatic carbocycles. The van der Waals surface area contributed by atoms with Crippen molar-refractivity contribution in [1.82, 2.24) is 15.1 Å². The fourth-order valence-electron chi connectivity index (χ4n) is 2.42. The van der Waals surface area contributed by atoms with Gasteiger partial charge in [0.1, 0.15) is 0 Å². The Morgan fingerprint density at radius 3 is 2.65 bits per heavy atom. The summed E-state index contributed by atoms with van der Waals surface area (Å²) in [5.41, 5.74) is 1.62. The SMILES string of the molecule is C=C(CNC1CC1)CN1CCN(C)C(C)(C)C1. The Morgan fingerprint density at radius 1 is 1.35 bits per heavy atom. The number of nitrogens with zero attached hydrogens (tertiary/aromatic N) is 2. The van der Waals surface area contributed by atoms with Crippen LogP contribution in [0.1, 0.15) is 26.7 Å². The van der Waals surface area contributed by atoms with Gasteiger partial charge in [0.05, 0.1) is 0 Å². The van der Waals surface area contributed by atoms with Crippen LogP contribution < -0.4 is 5.32 Å². The summed E-state index contributed by atoms with van der Waals surface area (Å²) in [4.78, 5) is 4.99. The third kappa shape index (κ3) is 3.80. The largest absolute Gasteiger partial charge is 0.310 e. The van der Waals surface area contributed by atoms with E-state index in [9.17, 15) is 0 Å². The summed E-state index contributed by atoms with van der Waals surface area (Å²) in [6.07, 6.45) is 2.71. The first-order valence-corrected chi connectivity index (χ1v) is 6.81. The molecule has 1 aliphatic heterocycles. The molecule has 2 aliphatic rings. The van der Waals surface area contributed by atoms with E-state index in [1.807, 2.05) is 0 Å². The first kappa shape index (κ1) is 13.1. The summed E-state index contributed by atoms with van der Waals surface area (Å²) in [6, 6.07) is 0.788. The first-order valence-electron chi connectivity index (χ1n) is 6.81. The molecule has 1 saturated heterocycles. The molecule has 2 fully saturated rings. The summed E-state index contributed by atoms with van der Waals surface area (Å²) in [5, 5.41) is 3.54. The van der Waals surface area contributed by atoms with Gasteiger partial charge in [-0.25, -0.2) is 0 Å². The summed E-state index contributed by atoms with van der Waals surface area (Å²) < 4.78 is 0. The van der Waals surface area contributed by atoms with Gasteiger partial charge in [0, 0.05) is 44.3 Å². The highest BCUT2D eigenvalue weighted by molar-refractivity contribution is 5.03. The van der Waals surface area contributed by atoms with Gasteiger partial charge in [-0.3, -0.25) is 9.80 Å². The average Bonchev–Trinajstić information content (AvgIpc) is 3.04. The van der Waals surface area contributed by atoms with Gasteiger partial charge < -0.3 is 5.32 Å². The molecule has 0 radical (unpaired) electrons. The first-order chi connectivity index (χ1) is 7.97. The molecule has 3 nitrogen and oxygen atoms in total. The van der Waals surface area contributed by atoms with Crippen LogP contribution in [0.5, 0.6) is 0 Å². The maximum Gasteiger partial charge on any atom is 0.0277 e. The van der Waals surface area contributed by atoms with E-state index in [2.05, 4.69) is 42.6 Å². The molecule has 0 amide bonds. The zero-order chi connectivity index (χ0) is 12.5. The maximum atomic E-state index is 4.20. The zero-order valence-electron chi connectivity index (χ0n) is 11.6. The van der Waals surface area contributed by atoms with Crippen molar-refractivity contribution >= 4 is 0 Å². The summed E-state index contributed by atoms with van der Waals surface area (Å²) in [5.74, 6) is 0. The topological polar surface area (TPSA) is 18.5 Å². The van der Waals surface area contributed by atoms with Crippen molar-refractivity contribution in [3.8, 4) is 0 Å². The van der Waals surface area contributed by atoms with Gasteiger partial charge in [-0.2, -0.15) is 0 Å². The van der Waals surface area contributed by atoms with Gasteiger partial charge in [-0.05, 0) is 39.3 Å². The van der Waals surface area contributed by atoms with E-state index in [0.29, 0.717) is 5.54 Å². The van der Waals surface area contributed by atoms with Crippen LogP contribution in [-0.4, -0.2) is 61.2 Å². The van der Waals surface area contributed by atoms with Crippen LogP contribution in [0.4, 0.5) is 0 Å². The molecular weight excluding hydrogens is 210 g/mol. The molecule has 17 heavy (non-hydrogen) atoms. The van der Waals surface area contributed by atoms with Crippen LogP contribution in [0, 0.1) is 0 Å². The van der Waals surface area contributed by atoms with E-state index in [-0.39, 0.29) is 0 Å². The minimum absolute atomic E-state index is 0.294. The Labute approximate surface area is 106 Å². The lowest BCUT2D eigenvalue weighted by Crippen LogP contribution is -2.57. The Kier molecular flexibility index (Phi) is 3.91. The minimum atomic E-state index is 0.294. The molecule has 1 saturated carbocycles. The second-order valence-corrected chi connectivity index (χ2v) is 6.35. The third-order valence-electron chi connectivity index (χ3n) is 4.06. The van der Waals surface area contributed by atoms with Crippen molar-refractivity contribution < 1.29 is 0 Å².